The molecule has 0 amide bonds. The van der Waals surface area contributed by atoms with Crippen LogP contribution in [0.1, 0.15) is 28.3 Å². The average molecular weight is 316 g/mol. The maximum Gasteiger partial charge on any atom is 0.335 e. The normalized spacial score (nSPS) is 11.5. The summed E-state index contributed by atoms with van der Waals surface area (Å²) in [5.41, 5.74) is 0.975. The van der Waals surface area contributed by atoms with Gasteiger partial charge in [-0.2, -0.15) is 5.26 Å². The van der Waals surface area contributed by atoms with E-state index in [-0.39, 0.29) is 11.5 Å². The Morgan fingerprint density at radius 3 is 2.50 bits per heavy atom. The third kappa shape index (κ3) is 4.00. The van der Waals surface area contributed by atoms with Gasteiger partial charge < -0.3 is 9.84 Å². The number of ether oxygens (including phenoxy) is 1. The predicted molar refractivity (Wildman–Crippen MR) is 83.3 cm³/mol. The van der Waals surface area contributed by atoms with Gasteiger partial charge in [-0.15, -0.1) is 0 Å². The number of benzene rings is 2. The number of para-hydroxylation sites is 1. The van der Waals surface area contributed by atoms with E-state index >= 15 is 0 Å². The van der Waals surface area contributed by atoms with Gasteiger partial charge in [-0.25, -0.2) is 4.79 Å². The Bertz CT molecular complexity index is 692. The first-order valence-electron chi connectivity index (χ1n) is 6.72. The summed E-state index contributed by atoms with van der Waals surface area (Å²) in [6.45, 7) is 0.350. The zero-order valence-electron chi connectivity index (χ0n) is 11.7. The number of carboxylic acids is 1. The Kier molecular flexibility index (Phi) is 5.40. The van der Waals surface area contributed by atoms with Crippen LogP contribution in [-0.4, -0.2) is 17.7 Å². The van der Waals surface area contributed by atoms with Crippen molar-refractivity contribution in [1.82, 2.24) is 0 Å². The maximum atomic E-state index is 10.8. The van der Waals surface area contributed by atoms with Crippen LogP contribution in [-0.2, 0) is 0 Å². The second-order valence-electron chi connectivity index (χ2n) is 4.68. The van der Waals surface area contributed by atoms with Crippen molar-refractivity contribution in [1.29, 1.82) is 5.26 Å². The third-order valence-corrected chi connectivity index (χ3v) is 3.53. The second kappa shape index (κ2) is 7.48. The number of halogens is 1. The van der Waals surface area contributed by atoms with Crippen molar-refractivity contribution < 1.29 is 14.6 Å². The largest absolute Gasteiger partial charge is 0.492 e. The quantitative estimate of drug-likeness (QED) is 0.870. The summed E-state index contributed by atoms with van der Waals surface area (Å²) in [5.74, 6) is -0.755. The van der Waals surface area contributed by atoms with Gasteiger partial charge in [0.15, 0.2) is 0 Å². The van der Waals surface area contributed by atoms with E-state index in [0.717, 1.165) is 5.56 Å². The summed E-state index contributed by atoms with van der Waals surface area (Å²) in [7, 11) is 0. The third-order valence-electron chi connectivity index (χ3n) is 3.22. The number of carboxylic acid groups (broad SMARTS) is 1. The lowest BCUT2D eigenvalue weighted by atomic mass is 9.96. The lowest BCUT2D eigenvalue weighted by molar-refractivity contribution is 0.0697. The van der Waals surface area contributed by atoms with Crippen molar-refractivity contribution in [2.24, 2.45) is 0 Å². The van der Waals surface area contributed by atoms with Crippen molar-refractivity contribution in [2.75, 3.05) is 6.61 Å². The summed E-state index contributed by atoms with van der Waals surface area (Å²) in [4.78, 5) is 10.8. The van der Waals surface area contributed by atoms with Crippen LogP contribution in [0.4, 0.5) is 0 Å². The number of carbonyl (C=O) groups is 1. The monoisotopic (exact) mass is 315 g/mol. The lowest BCUT2D eigenvalue weighted by Crippen LogP contribution is -2.05. The van der Waals surface area contributed by atoms with E-state index in [1.807, 2.05) is 12.1 Å². The molecule has 0 saturated carbocycles. The molecular formula is C17H14ClNO3. The minimum Gasteiger partial charge on any atom is -0.492 e. The molecule has 5 heteroatoms. The molecule has 0 aromatic heterocycles. The first-order valence-corrected chi connectivity index (χ1v) is 7.10. The zero-order chi connectivity index (χ0) is 15.9. The average Bonchev–Trinajstić information content (AvgIpc) is 2.53. The molecule has 0 aliphatic carbocycles. The topological polar surface area (TPSA) is 70.3 Å². The van der Waals surface area contributed by atoms with Gasteiger partial charge in [-0.3, -0.25) is 0 Å². The molecule has 0 fully saturated rings. The molecule has 4 nitrogen and oxygen atoms in total. The molecule has 0 radical (unpaired) electrons. The van der Waals surface area contributed by atoms with Crippen molar-refractivity contribution in [3.8, 4) is 11.8 Å². The standard InChI is InChI=1S/C17H14ClNO3/c18-15-3-1-2-4-16(15)22-10-9-14(11-19)12-5-7-13(8-6-12)17(20)21/h1-8,14H,9-10H2,(H,20,21). The van der Waals surface area contributed by atoms with Crippen LogP contribution >= 0.6 is 11.6 Å². The molecule has 2 aromatic rings. The molecule has 22 heavy (non-hydrogen) atoms. The fraction of sp³-hybridized carbons (Fsp3) is 0.176. The molecule has 1 unspecified atom stereocenters. The summed E-state index contributed by atoms with van der Waals surface area (Å²) < 4.78 is 5.58. The summed E-state index contributed by atoms with van der Waals surface area (Å²) in [6.07, 6.45) is 0.494. The molecule has 0 bridgehead atoms. The van der Waals surface area contributed by atoms with Gasteiger partial charge in [-0.05, 0) is 29.8 Å². The number of nitrogens with zero attached hydrogens (tertiary/aromatic N) is 1. The Morgan fingerprint density at radius 2 is 1.91 bits per heavy atom. The van der Waals surface area contributed by atoms with E-state index in [0.29, 0.717) is 23.8 Å². The Hall–Kier alpha value is -2.51. The number of hydrogen-bond acceptors (Lipinski definition) is 3. The fourth-order valence-electron chi connectivity index (χ4n) is 2.01. The number of rotatable bonds is 6. The van der Waals surface area contributed by atoms with Crippen molar-refractivity contribution >= 4 is 17.6 Å². The van der Waals surface area contributed by atoms with E-state index in [1.165, 1.54) is 12.1 Å². The molecular weight excluding hydrogens is 302 g/mol. The highest BCUT2D eigenvalue weighted by atomic mass is 35.5. The van der Waals surface area contributed by atoms with Crippen LogP contribution in [0.3, 0.4) is 0 Å². The highest BCUT2D eigenvalue weighted by molar-refractivity contribution is 6.32. The molecule has 2 aromatic carbocycles. The molecule has 0 heterocycles. The molecule has 2 rings (SSSR count). The molecule has 1 N–H and O–H groups in total. The zero-order valence-corrected chi connectivity index (χ0v) is 12.5. The maximum absolute atomic E-state index is 10.8. The number of nitriles is 1. The highest BCUT2D eigenvalue weighted by Gasteiger charge is 2.12. The van der Waals surface area contributed by atoms with Crippen molar-refractivity contribution in [2.45, 2.75) is 12.3 Å². The van der Waals surface area contributed by atoms with Crippen LogP contribution in [0.5, 0.6) is 5.75 Å². The van der Waals surface area contributed by atoms with Gasteiger partial charge >= 0.3 is 5.97 Å². The Labute approximate surface area is 133 Å². The molecule has 0 aliphatic rings. The first-order chi connectivity index (χ1) is 10.6. The van der Waals surface area contributed by atoms with Gasteiger partial charge in [0.25, 0.3) is 0 Å². The Morgan fingerprint density at radius 1 is 1.23 bits per heavy atom. The fourth-order valence-corrected chi connectivity index (χ4v) is 2.20. The molecule has 112 valence electrons. The summed E-state index contributed by atoms with van der Waals surface area (Å²) >= 11 is 5.99. The predicted octanol–water partition coefficient (Wildman–Crippen LogP) is 4.11. The van der Waals surface area contributed by atoms with Crippen LogP contribution in [0.25, 0.3) is 0 Å². The molecule has 1 atom stereocenters. The summed E-state index contributed by atoms with van der Waals surface area (Å²) in [6, 6.07) is 15.7. The van der Waals surface area contributed by atoms with Crippen LogP contribution in [0, 0.1) is 11.3 Å². The van der Waals surface area contributed by atoms with E-state index in [9.17, 15) is 10.1 Å². The van der Waals surface area contributed by atoms with Crippen molar-refractivity contribution in [3.05, 3.63) is 64.7 Å². The SMILES string of the molecule is N#CC(CCOc1ccccc1Cl)c1ccc(C(=O)O)cc1. The minimum absolute atomic E-state index is 0.202. The first kappa shape index (κ1) is 15.9. The van der Waals surface area contributed by atoms with Crippen LogP contribution in [0.2, 0.25) is 5.02 Å². The second-order valence-corrected chi connectivity index (χ2v) is 5.08. The molecule has 0 spiro atoms. The minimum atomic E-state index is -0.984. The number of hydrogen-bond donors (Lipinski definition) is 1. The van der Waals surface area contributed by atoms with E-state index in [4.69, 9.17) is 21.4 Å². The van der Waals surface area contributed by atoms with E-state index < -0.39 is 5.97 Å². The summed E-state index contributed by atoms with van der Waals surface area (Å²) in [5, 5.41) is 18.7. The van der Waals surface area contributed by atoms with Crippen LogP contribution < -0.4 is 4.74 Å². The Balaban J connectivity index is 1.96. The van der Waals surface area contributed by atoms with Crippen LogP contribution in [0.15, 0.2) is 48.5 Å². The van der Waals surface area contributed by atoms with Gasteiger partial charge in [0.05, 0.1) is 29.2 Å². The number of aromatic carboxylic acids is 1. The van der Waals surface area contributed by atoms with E-state index in [2.05, 4.69) is 6.07 Å². The highest BCUT2D eigenvalue weighted by Crippen LogP contribution is 2.25. The van der Waals surface area contributed by atoms with Gasteiger partial charge in [0.2, 0.25) is 0 Å². The van der Waals surface area contributed by atoms with Gasteiger partial charge in [0.1, 0.15) is 5.75 Å². The molecule has 0 aliphatic heterocycles. The van der Waals surface area contributed by atoms with E-state index in [1.54, 1.807) is 24.3 Å². The van der Waals surface area contributed by atoms with Gasteiger partial charge in [-0.1, -0.05) is 35.9 Å². The molecule has 0 saturated heterocycles. The van der Waals surface area contributed by atoms with Gasteiger partial charge in [0, 0.05) is 6.42 Å². The van der Waals surface area contributed by atoms with Crippen molar-refractivity contribution in [3.63, 3.8) is 0 Å². The lowest BCUT2D eigenvalue weighted by Gasteiger charge is -2.12. The smallest absolute Gasteiger partial charge is 0.335 e.